The van der Waals surface area contributed by atoms with E-state index in [-0.39, 0.29) is 11.8 Å². The molecule has 2 rings (SSSR count). The molecule has 0 spiro atoms. The van der Waals surface area contributed by atoms with Crippen LogP contribution in [0.15, 0.2) is 16.8 Å². The maximum absolute atomic E-state index is 12.2. The van der Waals surface area contributed by atoms with Crippen LogP contribution in [0.5, 0.6) is 0 Å². The van der Waals surface area contributed by atoms with E-state index in [9.17, 15) is 9.59 Å². The Morgan fingerprint density at radius 3 is 2.50 bits per heavy atom. The van der Waals surface area contributed by atoms with Crippen molar-refractivity contribution in [3.05, 3.63) is 22.4 Å². The Morgan fingerprint density at radius 2 is 1.95 bits per heavy atom. The standard InChI is InChI=1S/C14H21N3O2S/c1-2-3-12(15)14(19)17-7-5-16(6-8-17)13(18)11-4-9-20-10-11/h4,9-10,12H,2-3,5-8,15H2,1H3/t12-/m1/s1. The first-order valence-electron chi connectivity index (χ1n) is 6.99. The lowest BCUT2D eigenvalue weighted by molar-refractivity contribution is -0.134. The van der Waals surface area contributed by atoms with Crippen LogP contribution in [-0.2, 0) is 4.79 Å². The minimum absolute atomic E-state index is 0.00878. The van der Waals surface area contributed by atoms with Crippen molar-refractivity contribution < 1.29 is 9.59 Å². The normalized spacial score (nSPS) is 17.1. The van der Waals surface area contributed by atoms with Gasteiger partial charge < -0.3 is 15.5 Å². The van der Waals surface area contributed by atoms with E-state index >= 15 is 0 Å². The lowest BCUT2D eigenvalue weighted by atomic mass is 10.1. The van der Waals surface area contributed by atoms with Crippen LogP contribution in [0, 0.1) is 0 Å². The summed E-state index contributed by atoms with van der Waals surface area (Å²) in [7, 11) is 0. The van der Waals surface area contributed by atoms with Crippen LogP contribution >= 0.6 is 11.3 Å². The molecule has 1 aromatic heterocycles. The molecule has 1 atom stereocenters. The number of rotatable bonds is 4. The summed E-state index contributed by atoms with van der Waals surface area (Å²) in [6, 6.07) is 1.43. The number of nitrogens with two attached hydrogens (primary N) is 1. The highest BCUT2D eigenvalue weighted by atomic mass is 32.1. The molecule has 0 saturated carbocycles. The average molecular weight is 295 g/mol. The Hall–Kier alpha value is -1.40. The molecule has 2 heterocycles. The fraction of sp³-hybridized carbons (Fsp3) is 0.571. The van der Waals surface area contributed by atoms with Gasteiger partial charge in [-0.05, 0) is 17.9 Å². The van der Waals surface area contributed by atoms with E-state index in [0.717, 1.165) is 12.0 Å². The highest BCUT2D eigenvalue weighted by Crippen LogP contribution is 2.12. The van der Waals surface area contributed by atoms with Gasteiger partial charge in [0.2, 0.25) is 5.91 Å². The lowest BCUT2D eigenvalue weighted by Gasteiger charge is -2.35. The molecule has 2 amide bonds. The molecule has 0 aromatic carbocycles. The smallest absolute Gasteiger partial charge is 0.254 e. The zero-order chi connectivity index (χ0) is 14.5. The van der Waals surface area contributed by atoms with Gasteiger partial charge in [-0.2, -0.15) is 11.3 Å². The van der Waals surface area contributed by atoms with Crippen molar-refractivity contribution in [1.29, 1.82) is 0 Å². The molecule has 1 fully saturated rings. The van der Waals surface area contributed by atoms with E-state index in [2.05, 4.69) is 0 Å². The summed E-state index contributed by atoms with van der Waals surface area (Å²) in [4.78, 5) is 27.8. The molecular formula is C14H21N3O2S. The fourth-order valence-corrected chi connectivity index (χ4v) is 3.00. The minimum Gasteiger partial charge on any atom is -0.338 e. The molecule has 5 nitrogen and oxygen atoms in total. The van der Waals surface area contributed by atoms with Crippen LogP contribution in [0.2, 0.25) is 0 Å². The van der Waals surface area contributed by atoms with Gasteiger partial charge in [-0.1, -0.05) is 13.3 Å². The number of carbonyl (C=O) groups excluding carboxylic acids is 2. The minimum atomic E-state index is -0.404. The van der Waals surface area contributed by atoms with Gasteiger partial charge in [-0.15, -0.1) is 0 Å². The van der Waals surface area contributed by atoms with Gasteiger partial charge >= 0.3 is 0 Å². The van der Waals surface area contributed by atoms with Crippen LogP contribution in [0.1, 0.15) is 30.1 Å². The number of hydrogen-bond donors (Lipinski definition) is 1. The summed E-state index contributed by atoms with van der Waals surface area (Å²) < 4.78 is 0. The quantitative estimate of drug-likeness (QED) is 0.906. The predicted octanol–water partition coefficient (Wildman–Crippen LogP) is 1.16. The van der Waals surface area contributed by atoms with Gasteiger partial charge in [0.15, 0.2) is 0 Å². The lowest BCUT2D eigenvalue weighted by Crippen LogP contribution is -2.54. The third kappa shape index (κ3) is 3.37. The number of hydrogen-bond acceptors (Lipinski definition) is 4. The predicted molar refractivity (Wildman–Crippen MR) is 79.7 cm³/mol. The zero-order valence-corrected chi connectivity index (χ0v) is 12.6. The van der Waals surface area contributed by atoms with Gasteiger partial charge in [0.1, 0.15) is 0 Å². The van der Waals surface area contributed by atoms with Gasteiger partial charge in [-0.3, -0.25) is 9.59 Å². The summed E-state index contributed by atoms with van der Waals surface area (Å²) >= 11 is 1.52. The third-order valence-corrected chi connectivity index (χ3v) is 4.25. The van der Waals surface area contributed by atoms with E-state index in [1.807, 2.05) is 23.8 Å². The van der Waals surface area contributed by atoms with Gasteiger partial charge in [0, 0.05) is 31.6 Å². The van der Waals surface area contributed by atoms with E-state index < -0.39 is 6.04 Å². The number of piperazine rings is 1. The Bertz CT molecular complexity index is 453. The van der Waals surface area contributed by atoms with E-state index in [1.54, 1.807) is 9.80 Å². The van der Waals surface area contributed by atoms with Crippen molar-refractivity contribution in [3.8, 4) is 0 Å². The fourth-order valence-electron chi connectivity index (χ4n) is 2.37. The number of thiophene rings is 1. The molecule has 0 bridgehead atoms. The molecule has 0 unspecified atom stereocenters. The van der Waals surface area contributed by atoms with E-state index in [0.29, 0.717) is 32.6 Å². The molecule has 0 radical (unpaired) electrons. The molecule has 1 aliphatic rings. The molecule has 1 aliphatic heterocycles. The highest BCUT2D eigenvalue weighted by molar-refractivity contribution is 7.08. The second-order valence-electron chi connectivity index (χ2n) is 5.02. The SMILES string of the molecule is CCC[C@@H](N)C(=O)N1CCN(C(=O)c2ccsc2)CC1. The summed E-state index contributed by atoms with van der Waals surface area (Å²) in [5, 5.41) is 3.76. The second-order valence-corrected chi connectivity index (χ2v) is 5.80. The zero-order valence-electron chi connectivity index (χ0n) is 11.7. The van der Waals surface area contributed by atoms with Gasteiger partial charge in [0.25, 0.3) is 5.91 Å². The summed E-state index contributed by atoms with van der Waals surface area (Å²) in [6.45, 7) is 4.33. The van der Waals surface area contributed by atoms with Crippen LogP contribution in [0.25, 0.3) is 0 Å². The first-order valence-corrected chi connectivity index (χ1v) is 7.93. The van der Waals surface area contributed by atoms with E-state index in [1.165, 1.54) is 11.3 Å². The molecular weight excluding hydrogens is 274 g/mol. The molecule has 1 saturated heterocycles. The van der Waals surface area contributed by atoms with Gasteiger partial charge in [-0.25, -0.2) is 0 Å². The number of amides is 2. The highest BCUT2D eigenvalue weighted by Gasteiger charge is 2.27. The Balaban J connectivity index is 1.86. The maximum Gasteiger partial charge on any atom is 0.254 e. The molecule has 6 heteroatoms. The van der Waals surface area contributed by atoms with Crippen LogP contribution in [0.3, 0.4) is 0 Å². The molecule has 0 aliphatic carbocycles. The molecule has 110 valence electrons. The average Bonchev–Trinajstić information content (AvgIpc) is 3.00. The van der Waals surface area contributed by atoms with Crippen molar-refractivity contribution in [2.24, 2.45) is 5.73 Å². The topological polar surface area (TPSA) is 66.6 Å². The first kappa shape index (κ1) is 15.0. The Morgan fingerprint density at radius 1 is 1.30 bits per heavy atom. The summed E-state index contributed by atoms with van der Waals surface area (Å²) in [5.41, 5.74) is 6.59. The van der Waals surface area contributed by atoms with Crippen LogP contribution < -0.4 is 5.73 Å². The van der Waals surface area contributed by atoms with Crippen molar-refractivity contribution >= 4 is 23.2 Å². The van der Waals surface area contributed by atoms with Crippen LogP contribution in [0.4, 0.5) is 0 Å². The van der Waals surface area contributed by atoms with E-state index in [4.69, 9.17) is 5.73 Å². The maximum atomic E-state index is 12.2. The van der Waals surface area contributed by atoms with Crippen molar-refractivity contribution in [2.45, 2.75) is 25.8 Å². The van der Waals surface area contributed by atoms with Crippen molar-refractivity contribution in [3.63, 3.8) is 0 Å². The first-order chi connectivity index (χ1) is 9.63. The molecule has 2 N–H and O–H groups in total. The summed E-state index contributed by atoms with van der Waals surface area (Å²) in [6.07, 6.45) is 1.62. The molecule has 20 heavy (non-hydrogen) atoms. The Labute approximate surface area is 123 Å². The molecule has 1 aromatic rings. The largest absolute Gasteiger partial charge is 0.338 e. The third-order valence-electron chi connectivity index (χ3n) is 3.56. The number of nitrogens with zero attached hydrogens (tertiary/aromatic N) is 2. The van der Waals surface area contributed by atoms with Crippen molar-refractivity contribution in [1.82, 2.24) is 9.80 Å². The van der Waals surface area contributed by atoms with Crippen molar-refractivity contribution in [2.75, 3.05) is 26.2 Å². The monoisotopic (exact) mass is 295 g/mol. The second kappa shape index (κ2) is 6.85. The number of carbonyl (C=O) groups is 2. The Kier molecular flexibility index (Phi) is 5.14. The van der Waals surface area contributed by atoms with Crippen LogP contribution in [-0.4, -0.2) is 53.8 Å². The summed E-state index contributed by atoms with van der Waals surface area (Å²) in [5.74, 6) is 0.0608. The van der Waals surface area contributed by atoms with Gasteiger partial charge in [0.05, 0.1) is 11.6 Å².